The molecule has 5 nitrogen and oxygen atoms in total. The molecule has 0 rings (SSSR count). The van der Waals surface area contributed by atoms with Crippen molar-refractivity contribution in [3.63, 3.8) is 0 Å². The van der Waals surface area contributed by atoms with Crippen LogP contribution in [0.15, 0.2) is 12.7 Å². The summed E-state index contributed by atoms with van der Waals surface area (Å²) >= 11 is 0. The van der Waals surface area contributed by atoms with E-state index in [0.717, 1.165) is 6.08 Å². The van der Waals surface area contributed by atoms with Gasteiger partial charge in [0.25, 0.3) is 0 Å². The molecule has 0 aliphatic heterocycles. The molecule has 0 amide bonds. The summed E-state index contributed by atoms with van der Waals surface area (Å²) in [6.07, 6.45) is 0.961. The standard InChI is InChI=1S/C10H18O5/c1-4-8(14)15-10(3,7-13)9(2,5-11)6-12/h4,11-13H,1,5-7H2,2-3H3. The van der Waals surface area contributed by atoms with Crippen LogP contribution in [0.5, 0.6) is 0 Å². The van der Waals surface area contributed by atoms with Crippen molar-refractivity contribution in [2.45, 2.75) is 19.4 Å². The molecule has 0 aromatic carbocycles. The van der Waals surface area contributed by atoms with Gasteiger partial charge in [0.15, 0.2) is 0 Å². The van der Waals surface area contributed by atoms with Crippen LogP contribution in [0, 0.1) is 5.41 Å². The van der Waals surface area contributed by atoms with Crippen molar-refractivity contribution in [3.05, 3.63) is 12.7 Å². The van der Waals surface area contributed by atoms with E-state index in [9.17, 15) is 9.90 Å². The number of rotatable bonds is 6. The van der Waals surface area contributed by atoms with E-state index in [1.54, 1.807) is 0 Å². The number of carbonyl (C=O) groups excluding carboxylic acids is 1. The number of hydrogen-bond acceptors (Lipinski definition) is 5. The van der Waals surface area contributed by atoms with Gasteiger partial charge in [0.2, 0.25) is 0 Å². The number of carbonyl (C=O) groups is 1. The first-order valence-corrected chi connectivity index (χ1v) is 4.57. The zero-order valence-electron chi connectivity index (χ0n) is 9.06. The van der Waals surface area contributed by atoms with E-state index in [4.69, 9.17) is 14.9 Å². The molecular weight excluding hydrogens is 200 g/mol. The molecule has 0 aliphatic rings. The Morgan fingerprint density at radius 1 is 1.27 bits per heavy atom. The molecule has 1 unspecified atom stereocenters. The molecule has 1 atom stereocenters. The molecule has 0 spiro atoms. The molecule has 0 bridgehead atoms. The maximum atomic E-state index is 11.1. The molecule has 0 fully saturated rings. The lowest BCUT2D eigenvalue weighted by atomic mass is 9.75. The van der Waals surface area contributed by atoms with Gasteiger partial charge in [-0.15, -0.1) is 0 Å². The highest BCUT2D eigenvalue weighted by molar-refractivity contribution is 5.81. The quantitative estimate of drug-likeness (QED) is 0.411. The van der Waals surface area contributed by atoms with Crippen LogP contribution < -0.4 is 0 Å². The highest BCUT2D eigenvalue weighted by Crippen LogP contribution is 2.33. The number of aliphatic hydroxyl groups is 3. The Hall–Kier alpha value is -0.910. The molecule has 88 valence electrons. The molecule has 3 N–H and O–H groups in total. The topological polar surface area (TPSA) is 87.0 Å². The van der Waals surface area contributed by atoms with Crippen molar-refractivity contribution < 1.29 is 24.9 Å². The van der Waals surface area contributed by atoms with Gasteiger partial charge in [0, 0.05) is 6.08 Å². The van der Waals surface area contributed by atoms with Crippen molar-refractivity contribution in [2.24, 2.45) is 5.41 Å². The van der Waals surface area contributed by atoms with Crippen LogP contribution in [0.25, 0.3) is 0 Å². The van der Waals surface area contributed by atoms with Crippen LogP contribution >= 0.6 is 0 Å². The highest BCUT2D eigenvalue weighted by Gasteiger charge is 2.46. The third kappa shape index (κ3) is 2.77. The molecule has 0 radical (unpaired) electrons. The van der Waals surface area contributed by atoms with Crippen LogP contribution in [0.4, 0.5) is 0 Å². The summed E-state index contributed by atoms with van der Waals surface area (Å²) in [6.45, 7) is 4.87. The van der Waals surface area contributed by atoms with Crippen LogP contribution in [-0.2, 0) is 9.53 Å². The van der Waals surface area contributed by atoms with Crippen molar-refractivity contribution >= 4 is 5.97 Å². The van der Waals surface area contributed by atoms with Gasteiger partial charge in [-0.2, -0.15) is 0 Å². The van der Waals surface area contributed by atoms with Gasteiger partial charge < -0.3 is 20.1 Å². The average Bonchev–Trinajstić information content (AvgIpc) is 2.27. The number of aliphatic hydroxyl groups excluding tert-OH is 3. The Morgan fingerprint density at radius 3 is 2.00 bits per heavy atom. The lowest BCUT2D eigenvalue weighted by Crippen LogP contribution is -2.54. The molecule has 15 heavy (non-hydrogen) atoms. The van der Waals surface area contributed by atoms with Crippen molar-refractivity contribution in [2.75, 3.05) is 19.8 Å². The van der Waals surface area contributed by atoms with E-state index in [1.165, 1.54) is 13.8 Å². The van der Waals surface area contributed by atoms with Gasteiger partial charge >= 0.3 is 5.97 Å². The van der Waals surface area contributed by atoms with E-state index >= 15 is 0 Å². The van der Waals surface area contributed by atoms with E-state index in [2.05, 4.69) is 6.58 Å². The second-order valence-corrected chi connectivity index (χ2v) is 3.89. The summed E-state index contributed by atoms with van der Waals surface area (Å²) in [5.41, 5.74) is -2.46. The summed E-state index contributed by atoms with van der Waals surface area (Å²) in [4.78, 5) is 11.1. The monoisotopic (exact) mass is 218 g/mol. The van der Waals surface area contributed by atoms with Gasteiger partial charge in [-0.3, -0.25) is 0 Å². The molecule has 0 saturated heterocycles. The summed E-state index contributed by atoms with van der Waals surface area (Å²) in [5, 5.41) is 27.5. The average molecular weight is 218 g/mol. The Morgan fingerprint density at radius 2 is 1.73 bits per heavy atom. The Balaban J connectivity index is 4.97. The van der Waals surface area contributed by atoms with Crippen LogP contribution in [0.1, 0.15) is 13.8 Å². The lowest BCUT2D eigenvalue weighted by molar-refractivity contribution is -0.185. The van der Waals surface area contributed by atoms with Crippen LogP contribution in [0.3, 0.4) is 0 Å². The number of hydrogen-bond donors (Lipinski definition) is 3. The second kappa shape index (κ2) is 5.25. The minimum Gasteiger partial charge on any atom is -0.453 e. The van der Waals surface area contributed by atoms with Gasteiger partial charge in [-0.1, -0.05) is 13.5 Å². The van der Waals surface area contributed by atoms with Gasteiger partial charge in [-0.05, 0) is 6.92 Å². The minimum atomic E-state index is -1.35. The van der Waals surface area contributed by atoms with E-state index in [1.807, 2.05) is 0 Å². The van der Waals surface area contributed by atoms with Gasteiger partial charge in [0.1, 0.15) is 5.60 Å². The lowest BCUT2D eigenvalue weighted by Gasteiger charge is -2.41. The third-order valence-electron chi connectivity index (χ3n) is 2.77. The first-order valence-electron chi connectivity index (χ1n) is 4.57. The van der Waals surface area contributed by atoms with Crippen LogP contribution in [0.2, 0.25) is 0 Å². The number of ether oxygens (including phenoxy) is 1. The van der Waals surface area contributed by atoms with Gasteiger partial charge in [0.05, 0.1) is 25.2 Å². The molecule has 5 heteroatoms. The predicted molar refractivity (Wildman–Crippen MR) is 54.1 cm³/mol. The predicted octanol–water partition coefficient (Wildman–Crippen LogP) is -0.543. The fourth-order valence-corrected chi connectivity index (χ4v) is 0.994. The molecule has 0 heterocycles. The first kappa shape index (κ1) is 14.1. The SMILES string of the molecule is C=CC(=O)OC(C)(CO)C(C)(CO)CO. The smallest absolute Gasteiger partial charge is 0.330 e. The maximum absolute atomic E-state index is 11.1. The summed E-state index contributed by atoms with van der Waals surface area (Å²) in [7, 11) is 0. The highest BCUT2D eigenvalue weighted by atomic mass is 16.6. The van der Waals surface area contributed by atoms with E-state index < -0.39 is 36.8 Å². The zero-order chi connectivity index (χ0) is 12.1. The Bertz CT molecular complexity index is 234. The largest absolute Gasteiger partial charge is 0.453 e. The summed E-state index contributed by atoms with van der Waals surface area (Å²) in [6, 6.07) is 0. The summed E-state index contributed by atoms with van der Waals surface area (Å²) in [5.74, 6) is -0.709. The van der Waals surface area contributed by atoms with Crippen molar-refractivity contribution in [1.29, 1.82) is 0 Å². The maximum Gasteiger partial charge on any atom is 0.330 e. The van der Waals surface area contributed by atoms with Crippen LogP contribution in [-0.4, -0.2) is 46.7 Å². The second-order valence-electron chi connectivity index (χ2n) is 3.89. The number of esters is 1. The molecular formula is C10H18O5. The van der Waals surface area contributed by atoms with Gasteiger partial charge in [-0.25, -0.2) is 4.79 Å². The van der Waals surface area contributed by atoms with E-state index in [0.29, 0.717) is 0 Å². The normalized spacial score (nSPS) is 15.5. The van der Waals surface area contributed by atoms with E-state index in [-0.39, 0.29) is 0 Å². The fraction of sp³-hybridized carbons (Fsp3) is 0.700. The minimum absolute atomic E-state index is 0.412. The Labute approximate surface area is 89.0 Å². The fourth-order valence-electron chi connectivity index (χ4n) is 0.994. The molecule has 0 saturated carbocycles. The van der Waals surface area contributed by atoms with Crippen molar-refractivity contribution in [3.8, 4) is 0 Å². The first-order chi connectivity index (χ1) is 6.89. The molecule has 0 aromatic rings. The van der Waals surface area contributed by atoms with Crippen molar-refractivity contribution in [1.82, 2.24) is 0 Å². The molecule has 0 aromatic heterocycles. The summed E-state index contributed by atoms with van der Waals surface area (Å²) < 4.78 is 4.96. The third-order valence-corrected chi connectivity index (χ3v) is 2.77. The Kier molecular flexibility index (Phi) is 4.93. The zero-order valence-corrected chi connectivity index (χ0v) is 9.06. The molecule has 0 aliphatic carbocycles.